The molecular weight excluding hydrogens is 340 g/mol. The largest absolute Gasteiger partial charge is 0.382 e. The first kappa shape index (κ1) is 17.3. The van der Waals surface area contributed by atoms with Crippen molar-refractivity contribution in [2.45, 2.75) is 30.5 Å². The van der Waals surface area contributed by atoms with Crippen LogP contribution in [-0.2, 0) is 17.0 Å². The molecule has 3 aromatic rings. The number of hydrogen-bond acceptors (Lipinski definition) is 3. The van der Waals surface area contributed by atoms with Gasteiger partial charge in [-0.3, -0.25) is 0 Å². The summed E-state index contributed by atoms with van der Waals surface area (Å²) < 4.78 is 7.79. The van der Waals surface area contributed by atoms with Gasteiger partial charge in [-0.25, -0.2) is 4.98 Å². The topological polar surface area (TPSA) is 27.1 Å². The average molecular weight is 361 g/mol. The summed E-state index contributed by atoms with van der Waals surface area (Å²) in [5.41, 5.74) is 2.25. The Bertz CT molecular complexity index is 786. The van der Waals surface area contributed by atoms with Crippen LogP contribution in [0.5, 0.6) is 0 Å². The average Bonchev–Trinajstić information content (AvgIpc) is 2.96. The van der Waals surface area contributed by atoms with Crippen LogP contribution in [0.4, 0.5) is 0 Å². The number of hydrogen-bond donors (Lipinski definition) is 0. The molecule has 0 saturated carbocycles. The Balaban J connectivity index is 1.76. The van der Waals surface area contributed by atoms with Gasteiger partial charge in [-0.1, -0.05) is 23.7 Å². The Morgan fingerprint density at radius 2 is 1.92 bits per heavy atom. The van der Waals surface area contributed by atoms with Gasteiger partial charge >= 0.3 is 0 Å². The summed E-state index contributed by atoms with van der Waals surface area (Å²) in [6.45, 7) is 4.51. The molecule has 0 amide bonds. The minimum atomic E-state index is 0.766. The molecule has 5 heteroatoms. The fraction of sp³-hybridized carbons (Fsp3) is 0.316. The fourth-order valence-corrected chi connectivity index (χ4v) is 3.60. The molecule has 3 rings (SSSR count). The van der Waals surface area contributed by atoms with Crippen molar-refractivity contribution in [3.63, 3.8) is 0 Å². The van der Waals surface area contributed by atoms with Crippen LogP contribution in [-0.4, -0.2) is 22.8 Å². The number of para-hydroxylation sites is 2. The van der Waals surface area contributed by atoms with Gasteiger partial charge in [-0.15, -0.1) is 11.8 Å². The predicted octanol–water partition coefficient (Wildman–Crippen LogP) is 5.41. The third kappa shape index (κ3) is 4.32. The van der Waals surface area contributed by atoms with E-state index in [1.165, 1.54) is 10.4 Å². The van der Waals surface area contributed by atoms with Crippen LogP contribution in [0.25, 0.3) is 11.0 Å². The second-order valence-electron chi connectivity index (χ2n) is 5.46. The maximum Gasteiger partial charge on any atom is 0.120 e. The smallest absolute Gasteiger partial charge is 0.120 e. The summed E-state index contributed by atoms with van der Waals surface area (Å²) in [6.07, 6.45) is 0.993. The highest BCUT2D eigenvalue weighted by molar-refractivity contribution is 7.98. The molecule has 1 aromatic heterocycles. The minimum Gasteiger partial charge on any atom is -0.382 e. The van der Waals surface area contributed by atoms with E-state index in [1.54, 1.807) is 11.8 Å². The zero-order chi connectivity index (χ0) is 16.8. The summed E-state index contributed by atoms with van der Waals surface area (Å²) in [5, 5.41) is 0.766. The van der Waals surface area contributed by atoms with Crippen molar-refractivity contribution in [3.8, 4) is 0 Å². The van der Waals surface area contributed by atoms with Gasteiger partial charge < -0.3 is 9.30 Å². The Labute approximate surface area is 152 Å². The number of benzene rings is 2. The van der Waals surface area contributed by atoms with E-state index < -0.39 is 0 Å². The molecule has 0 aliphatic heterocycles. The summed E-state index contributed by atoms with van der Waals surface area (Å²) in [4.78, 5) is 6.02. The number of aromatic nitrogens is 2. The molecule has 0 unspecified atom stereocenters. The van der Waals surface area contributed by atoms with Gasteiger partial charge in [-0.05, 0) is 49.7 Å². The van der Waals surface area contributed by atoms with Crippen LogP contribution in [0.3, 0.4) is 0 Å². The molecule has 24 heavy (non-hydrogen) atoms. The summed E-state index contributed by atoms with van der Waals surface area (Å²) in [6, 6.07) is 16.3. The Hall–Kier alpha value is -1.49. The molecule has 0 fully saturated rings. The highest BCUT2D eigenvalue weighted by atomic mass is 35.5. The lowest BCUT2D eigenvalue weighted by atomic mass is 10.3. The van der Waals surface area contributed by atoms with Gasteiger partial charge in [0.15, 0.2) is 0 Å². The number of ether oxygens (including phenoxy) is 1. The zero-order valence-electron chi connectivity index (χ0n) is 13.7. The van der Waals surface area contributed by atoms with Gasteiger partial charge in [0.25, 0.3) is 0 Å². The monoisotopic (exact) mass is 360 g/mol. The number of nitrogens with zero attached hydrogens (tertiary/aromatic N) is 2. The van der Waals surface area contributed by atoms with Gasteiger partial charge in [0.2, 0.25) is 0 Å². The maximum atomic E-state index is 5.95. The van der Waals surface area contributed by atoms with Crippen LogP contribution in [0.15, 0.2) is 53.4 Å². The molecule has 0 aliphatic rings. The number of fused-ring (bicyclic) bond motifs is 1. The van der Waals surface area contributed by atoms with Gasteiger partial charge in [0.05, 0.1) is 16.8 Å². The third-order valence-corrected chi connectivity index (χ3v) is 5.05. The molecule has 0 atom stereocenters. The number of thioether (sulfide) groups is 1. The lowest BCUT2D eigenvalue weighted by Gasteiger charge is -2.09. The van der Waals surface area contributed by atoms with E-state index >= 15 is 0 Å². The van der Waals surface area contributed by atoms with Crippen molar-refractivity contribution >= 4 is 34.4 Å². The number of rotatable bonds is 8. The molecule has 0 saturated heterocycles. The first-order chi connectivity index (χ1) is 11.8. The van der Waals surface area contributed by atoms with E-state index in [1.807, 2.05) is 25.1 Å². The van der Waals surface area contributed by atoms with Gasteiger partial charge in [0, 0.05) is 29.7 Å². The molecule has 0 bridgehead atoms. The minimum absolute atomic E-state index is 0.766. The second kappa shape index (κ2) is 8.56. The molecular formula is C19H21ClN2OS. The van der Waals surface area contributed by atoms with Crippen molar-refractivity contribution in [3.05, 3.63) is 59.4 Å². The van der Waals surface area contributed by atoms with Crippen LogP contribution in [0.1, 0.15) is 19.2 Å². The van der Waals surface area contributed by atoms with Gasteiger partial charge in [0.1, 0.15) is 5.82 Å². The van der Waals surface area contributed by atoms with Crippen LogP contribution in [0, 0.1) is 0 Å². The molecule has 126 valence electrons. The highest BCUT2D eigenvalue weighted by Gasteiger charge is 2.10. The van der Waals surface area contributed by atoms with Crippen LogP contribution in [0.2, 0.25) is 5.02 Å². The molecule has 0 spiro atoms. The third-order valence-electron chi connectivity index (χ3n) is 3.79. The molecule has 1 heterocycles. The quantitative estimate of drug-likeness (QED) is 0.397. The summed E-state index contributed by atoms with van der Waals surface area (Å²) in [7, 11) is 0. The fourth-order valence-electron chi connectivity index (χ4n) is 2.63. The molecule has 2 aromatic carbocycles. The molecule has 0 N–H and O–H groups in total. The van der Waals surface area contributed by atoms with Crippen molar-refractivity contribution in [2.75, 3.05) is 13.2 Å². The standard InChI is InChI=1S/C19H21ClN2OS/c1-2-23-13-5-12-22-18-7-4-3-6-17(18)21-19(22)14-24-16-10-8-15(20)9-11-16/h3-4,6-11H,2,5,12-14H2,1H3. The molecule has 0 aliphatic carbocycles. The lowest BCUT2D eigenvalue weighted by molar-refractivity contribution is 0.142. The Kier molecular flexibility index (Phi) is 6.18. The number of imidazole rings is 1. The van der Waals surface area contributed by atoms with E-state index in [0.717, 1.165) is 48.3 Å². The first-order valence-corrected chi connectivity index (χ1v) is 9.54. The highest BCUT2D eigenvalue weighted by Crippen LogP contribution is 2.26. The normalized spacial score (nSPS) is 11.2. The van der Waals surface area contributed by atoms with Crippen molar-refractivity contribution in [1.82, 2.24) is 9.55 Å². The van der Waals surface area contributed by atoms with Crippen LogP contribution < -0.4 is 0 Å². The van der Waals surface area contributed by atoms with Crippen LogP contribution >= 0.6 is 23.4 Å². The number of halogens is 1. The van der Waals surface area contributed by atoms with Crippen molar-refractivity contribution < 1.29 is 4.74 Å². The van der Waals surface area contributed by atoms with E-state index in [9.17, 15) is 0 Å². The summed E-state index contributed by atoms with van der Waals surface area (Å²) >= 11 is 7.73. The van der Waals surface area contributed by atoms with Crippen molar-refractivity contribution in [1.29, 1.82) is 0 Å². The lowest BCUT2D eigenvalue weighted by Crippen LogP contribution is -2.06. The number of aryl methyl sites for hydroxylation is 1. The SMILES string of the molecule is CCOCCCn1c(CSc2ccc(Cl)cc2)nc2ccccc21. The van der Waals surface area contributed by atoms with E-state index in [0.29, 0.717) is 0 Å². The van der Waals surface area contributed by atoms with E-state index in [2.05, 4.69) is 34.9 Å². The van der Waals surface area contributed by atoms with Crippen molar-refractivity contribution in [2.24, 2.45) is 0 Å². The van der Waals surface area contributed by atoms with Gasteiger partial charge in [-0.2, -0.15) is 0 Å². The van der Waals surface area contributed by atoms with E-state index in [-0.39, 0.29) is 0 Å². The Morgan fingerprint density at radius 3 is 2.71 bits per heavy atom. The predicted molar refractivity (Wildman–Crippen MR) is 102 cm³/mol. The Morgan fingerprint density at radius 1 is 1.12 bits per heavy atom. The zero-order valence-corrected chi connectivity index (χ0v) is 15.3. The van der Waals surface area contributed by atoms with E-state index in [4.69, 9.17) is 21.3 Å². The summed E-state index contributed by atoms with van der Waals surface area (Å²) in [5.74, 6) is 1.94. The maximum absolute atomic E-state index is 5.95. The molecule has 0 radical (unpaired) electrons. The molecule has 3 nitrogen and oxygen atoms in total. The first-order valence-electron chi connectivity index (χ1n) is 8.18. The second-order valence-corrected chi connectivity index (χ2v) is 6.95.